The zero-order valence-electron chi connectivity index (χ0n) is 12.7. The van der Waals surface area contributed by atoms with Crippen molar-refractivity contribution in [3.05, 3.63) is 29.6 Å². The smallest absolute Gasteiger partial charge is 0.345 e. The molecule has 1 aromatic rings. The molecule has 1 fully saturated rings. The van der Waals surface area contributed by atoms with Gasteiger partial charge in [-0.1, -0.05) is 6.92 Å². The van der Waals surface area contributed by atoms with Gasteiger partial charge in [0.25, 0.3) is 5.91 Å². The van der Waals surface area contributed by atoms with E-state index in [0.29, 0.717) is 12.8 Å². The van der Waals surface area contributed by atoms with Crippen LogP contribution in [0.5, 0.6) is 0 Å². The Labute approximate surface area is 127 Å². The van der Waals surface area contributed by atoms with Crippen molar-refractivity contribution < 1.29 is 18.0 Å². The maximum atomic E-state index is 13.0. The fourth-order valence-corrected chi connectivity index (χ4v) is 2.64. The lowest BCUT2D eigenvalue weighted by Crippen LogP contribution is -2.53. The maximum Gasteiger partial charge on any atom is 0.418 e. The van der Waals surface area contributed by atoms with Crippen LogP contribution in [0.3, 0.4) is 0 Å². The van der Waals surface area contributed by atoms with Crippen molar-refractivity contribution in [2.24, 2.45) is 0 Å². The summed E-state index contributed by atoms with van der Waals surface area (Å²) in [5.74, 6) is -0.764. The highest BCUT2D eigenvalue weighted by molar-refractivity contribution is 5.94. The third-order valence-electron chi connectivity index (χ3n) is 4.15. The number of carbonyl (C=O) groups is 1. The van der Waals surface area contributed by atoms with Crippen molar-refractivity contribution in [2.75, 3.05) is 19.6 Å². The predicted molar refractivity (Wildman–Crippen MR) is 76.5 cm³/mol. The number of amides is 1. The molecule has 122 valence electrons. The summed E-state index contributed by atoms with van der Waals surface area (Å²) < 4.78 is 38.9. The maximum absolute atomic E-state index is 13.0. The normalized spacial score (nSPS) is 19.0. The fraction of sp³-hybridized carbons (Fsp3) is 0.600. The van der Waals surface area contributed by atoms with Gasteiger partial charge in [-0.25, -0.2) is 0 Å². The zero-order chi connectivity index (χ0) is 16.4. The minimum atomic E-state index is -4.59. The lowest BCUT2D eigenvalue weighted by atomic mass is 9.89. The zero-order valence-corrected chi connectivity index (χ0v) is 12.7. The van der Waals surface area contributed by atoms with Crippen molar-refractivity contribution in [3.8, 4) is 0 Å². The van der Waals surface area contributed by atoms with Crippen LogP contribution in [-0.4, -0.2) is 41.0 Å². The number of aromatic nitrogens is 1. The Morgan fingerprint density at radius 1 is 1.41 bits per heavy atom. The van der Waals surface area contributed by atoms with Crippen molar-refractivity contribution in [1.82, 2.24) is 15.2 Å². The van der Waals surface area contributed by atoms with E-state index in [-0.39, 0.29) is 0 Å². The third kappa shape index (κ3) is 3.76. The first-order valence-electron chi connectivity index (χ1n) is 7.32. The number of carbonyl (C=O) groups excluding carboxylic acids is 1. The lowest BCUT2D eigenvalue weighted by Gasteiger charge is -2.39. The van der Waals surface area contributed by atoms with Gasteiger partial charge in [-0.15, -0.1) is 0 Å². The van der Waals surface area contributed by atoms with Crippen LogP contribution in [0.4, 0.5) is 13.2 Å². The molecule has 0 aliphatic carbocycles. The minimum absolute atomic E-state index is 0.497. The van der Waals surface area contributed by atoms with E-state index in [0.717, 1.165) is 25.7 Å². The summed E-state index contributed by atoms with van der Waals surface area (Å²) in [7, 11) is 0. The standard InChI is InChI=1S/C15H20F3N3O/c1-3-21-9-6-14(2,7-10-21)20-13(22)12-11(15(16,17)18)5-4-8-19-12/h4-5,8H,3,6-7,9-10H2,1-2H3,(H,20,22). The van der Waals surface area contributed by atoms with Crippen LogP contribution in [-0.2, 0) is 6.18 Å². The number of piperidine rings is 1. The Kier molecular flexibility index (Phi) is 4.75. The Morgan fingerprint density at radius 3 is 2.59 bits per heavy atom. The monoisotopic (exact) mass is 315 g/mol. The van der Waals surface area contributed by atoms with Gasteiger partial charge in [0.05, 0.1) is 5.56 Å². The second-order valence-electron chi connectivity index (χ2n) is 5.85. The van der Waals surface area contributed by atoms with Crippen LogP contribution in [0.15, 0.2) is 18.3 Å². The molecule has 4 nitrogen and oxygen atoms in total. The Balaban J connectivity index is 2.13. The van der Waals surface area contributed by atoms with Crippen LogP contribution < -0.4 is 5.32 Å². The molecule has 1 aliphatic rings. The number of likely N-dealkylation sites (tertiary alicyclic amines) is 1. The van der Waals surface area contributed by atoms with Crippen molar-refractivity contribution in [2.45, 2.75) is 38.4 Å². The van der Waals surface area contributed by atoms with Gasteiger partial charge in [0, 0.05) is 24.8 Å². The number of alkyl halides is 3. The Bertz CT molecular complexity index is 537. The van der Waals surface area contributed by atoms with Gasteiger partial charge in [-0.05, 0) is 38.4 Å². The van der Waals surface area contributed by atoms with Crippen molar-refractivity contribution in [1.29, 1.82) is 0 Å². The summed E-state index contributed by atoms with van der Waals surface area (Å²) in [5.41, 5.74) is -2.06. The number of pyridine rings is 1. The van der Waals surface area contributed by atoms with Crippen LogP contribution in [0, 0.1) is 0 Å². The van der Waals surface area contributed by atoms with E-state index in [1.807, 2.05) is 6.92 Å². The van der Waals surface area contributed by atoms with Gasteiger partial charge in [-0.2, -0.15) is 13.2 Å². The van der Waals surface area contributed by atoms with Gasteiger partial charge in [0.1, 0.15) is 5.69 Å². The summed E-state index contributed by atoms with van der Waals surface area (Å²) in [6, 6.07) is 2.06. The topological polar surface area (TPSA) is 45.2 Å². The average molecular weight is 315 g/mol. The number of nitrogens with zero attached hydrogens (tertiary/aromatic N) is 2. The molecule has 2 heterocycles. The van der Waals surface area contributed by atoms with Crippen molar-refractivity contribution in [3.63, 3.8) is 0 Å². The highest BCUT2D eigenvalue weighted by atomic mass is 19.4. The molecule has 7 heteroatoms. The van der Waals surface area contributed by atoms with E-state index < -0.39 is 28.9 Å². The Morgan fingerprint density at radius 2 is 2.05 bits per heavy atom. The van der Waals surface area contributed by atoms with Crippen LogP contribution in [0.25, 0.3) is 0 Å². The van der Waals surface area contributed by atoms with E-state index in [1.54, 1.807) is 0 Å². The molecule has 0 atom stereocenters. The number of hydrogen-bond donors (Lipinski definition) is 1. The van der Waals surface area contributed by atoms with Gasteiger partial charge >= 0.3 is 6.18 Å². The first-order valence-corrected chi connectivity index (χ1v) is 7.32. The molecule has 2 rings (SSSR count). The second-order valence-corrected chi connectivity index (χ2v) is 5.85. The number of hydrogen-bond acceptors (Lipinski definition) is 3. The van der Waals surface area contributed by atoms with E-state index in [4.69, 9.17) is 0 Å². The van der Waals surface area contributed by atoms with E-state index >= 15 is 0 Å². The summed E-state index contributed by atoms with van der Waals surface area (Å²) in [4.78, 5) is 18.1. The van der Waals surface area contributed by atoms with E-state index in [1.165, 1.54) is 12.3 Å². The highest BCUT2D eigenvalue weighted by Crippen LogP contribution is 2.31. The first-order chi connectivity index (χ1) is 10.2. The SMILES string of the molecule is CCN1CCC(C)(NC(=O)c2ncccc2C(F)(F)F)CC1. The van der Waals surface area contributed by atoms with Gasteiger partial charge in [0.2, 0.25) is 0 Å². The van der Waals surface area contributed by atoms with E-state index in [2.05, 4.69) is 22.1 Å². The first kappa shape index (κ1) is 16.7. The third-order valence-corrected chi connectivity index (χ3v) is 4.15. The molecule has 0 radical (unpaired) electrons. The highest BCUT2D eigenvalue weighted by Gasteiger charge is 2.38. The largest absolute Gasteiger partial charge is 0.418 e. The van der Waals surface area contributed by atoms with Crippen LogP contribution in [0.2, 0.25) is 0 Å². The molecule has 1 saturated heterocycles. The molecule has 0 saturated carbocycles. The van der Waals surface area contributed by atoms with Gasteiger partial charge < -0.3 is 10.2 Å². The molecule has 1 amide bonds. The van der Waals surface area contributed by atoms with Crippen molar-refractivity contribution >= 4 is 5.91 Å². The molecule has 1 aromatic heterocycles. The second kappa shape index (κ2) is 6.24. The summed E-state index contributed by atoms with van der Waals surface area (Å²) in [6.45, 7) is 6.50. The number of rotatable bonds is 3. The van der Waals surface area contributed by atoms with Crippen LogP contribution in [0.1, 0.15) is 42.7 Å². The quantitative estimate of drug-likeness (QED) is 0.933. The molecular formula is C15H20F3N3O. The van der Waals surface area contributed by atoms with Gasteiger partial charge in [0.15, 0.2) is 0 Å². The molecule has 1 aliphatic heterocycles. The van der Waals surface area contributed by atoms with Crippen LogP contribution >= 0.6 is 0 Å². The molecule has 22 heavy (non-hydrogen) atoms. The average Bonchev–Trinajstić information content (AvgIpc) is 2.47. The summed E-state index contributed by atoms with van der Waals surface area (Å²) >= 11 is 0. The molecule has 0 bridgehead atoms. The molecular weight excluding hydrogens is 295 g/mol. The molecule has 0 aromatic carbocycles. The molecule has 0 spiro atoms. The Hall–Kier alpha value is -1.63. The predicted octanol–water partition coefficient (Wildman–Crippen LogP) is 2.70. The van der Waals surface area contributed by atoms with Gasteiger partial charge in [-0.3, -0.25) is 9.78 Å². The summed E-state index contributed by atoms with van der Waals surface area (Å²) in [6.07, 6.45) is -1.97. The number of halogens is 3. The van der Waals surface area contributed by atoms with E-state index in [9.17, 15) is 18.0 Å². The molecule has 0 unspecified atom stereocenters. The minimum Gasteiger partial charge on any atom is -0.345 e. The lowest BCUT2D eigenvalue weighted by molar-refractivity contribution is -0.138. The summed E-state index contributed by atoms with van der Waals surface area (Å²) in [5, 5.41) is 2.74. The molecule has 1 N–H and O–H groups in total. The fourth-order valence-electron chi connectivity index (χ4n) is 2.64. The number of nitrogens with one attached hydrogen (secondary N) is 1.